The molecule has 2 aromatic carbocycles. The summed E-state index contributed by atoms with van der Waals surface area (Å²) in [5.74, 6) is 1.34. The zero-order valence-electron chi connectivity index (χ0n) is 13.9. The molecule has 0 saturated carbocycles. The lowest BCUT2D eigenvalue weighted by Crippen LogP contribution is -2.22. The summed E-state index contributed by atoms with van der Waals surface area (Å²) in [5, 5.41) is 0. The van der Waals surface area contributed by atoms with Crippen molar-refractivity contribution in [2.24, 2.45) is 0 Å². The van der Waals surface area contributed by atoms with Crippen molar-refractivity contribution < 1.29 is 9.47 Å². The van der Waals surface area contributed by atoms with Crippen molar-refractivity contribution in [1.29, 1.82) is 0 Å². The van der Waals surface area contributed by atoms with Crippen molar-refractivity contribution in [3.05, 3.63) is 62.9 Å². The SMILES string of the molecule is CCOc1ccc(/C=c2\sc3nc4ccccc4n3c2=O)cc1OC. The first-order valence-corrected chi connectivity index (χ1v) is 8.75. The molecule has 4 rings (SSSR count). The van der Waals surface area contributed by atoms with Gasteiger partial charge < -0.3 is 9.47 Å². The number of hydrogen-bond donors (Lipinski definition) is 0. The lowest BCUT2D eigenvalue weighted by atomic mass is 10.2. The first-order valence-electron chi connectivity index (χ1n) is 7.94. The summed E-state index contributed by atoms with van der Waals surface area (Å²) in [6.45, 7) is 2.49. The topological polar surface area (TPSA) is 52.8 Å². The van der Waals surface area contributed by atoms with Crippen LogP contribution >= 0.6 is 11.3 Å². The lowest BCUT2D eigenvalue weighted by Gasteiger charge is -2.09. The Hall–Kier alpha value is -2.86. The van der Waals surface area contributed by atoms with Gasteiger partial charge in [-0.1, -0.05) is 29.5 Å². The van der Waals surface area contributed by atoms with Gasteiger partial charge in [-0.3, -0.25) is 4.79 Å². The molecule has 5 nitrogen and oxygen atoms in total. The fourth-order valence-electron chi connectivity index (χ4n) is 2.81. The van der Waals surface area contributed by atoms with E-state index in [1.807, 2.05) is 55.5 Å². The number of hydrogen-bond acceptors (Lipinski definition) is 5. The van der Waals surface area contributed by atoms with Crippen LogP contribution in [0.5, 0.6) is 11.5 Å². The molecule has 0 saturated heterocycles. The summed E-state index contributed by atoms with van der Waals surface area (Å²) in [7, 11) is 1.60. The number of fused-ring (bicyclic) bond motifs is 3. The van der Waals surface area contributed by atoms with E-state index >= 15 is 0 Å². The van der Waals surface area contributed by atoms with Crippen molar-refractivity contribution in [3.63, 3.8) is 0 Å². The van der Waals surface area contributed by atoms with Crippen LogP contribution in [0.15, 0.2) is 47.3 Å². The first kappa shape index (κ1) is 15.7. The zero-order valence-corrected chi connectivity index (χ0v) is 14.7. The van der Waals surface area contributed by atoms with Gasteiger partial charge in [0.2, 0.25) is 0 Å². The second-order valence-electron chi connectivity index (χ2n) is 5.48. The van der Waals surface area contributed by atoms with E-state index in [1.54, 1.807) is 11.5 Å². The fourth-order valence-corrected chi connectivity index (χ4v) is 3.80. The third-order valence-corrected chi connectivity index (χ3v) is 4.90. The number of aromatic nitrogens is 2. The van der Waals surface area contributed by atoms with Crippen molar-refractivity contribution >= 4 is 33.4 Å². The summed E-state index contributed by atoms with van der Waals surface area (Å²) < 4.78 is 13.2. The molecule has 25 heavy (non-hydrogen) atoms. The van der Waals surface area contributed by atoms with Gasteiger partial charge in [0.1, 0.15) is 0 Å². The van der Waals surface area contributed by atoms with Crippen LogP contribution in [0.1, 0.15) is 12.5 Å². The average molecular weight is 352 g/mol. The summed E-state index contributed by atoms with van der Waals surface area (Å²) in [6.07, 6.45) is 1.86. The highest BCUT2D eigenvalue weighted by molar-refractivity contribution is 7.15. The molecule has 0 spiro atoms. The highest BCUT2D eigenvalue weighted by atomic mass is 32.1. The molecule has 0 radical (unpaired) electrons. The van der Waals surface area contributed by atoms with Crippen LogP contribution in [0.4, 0.5) is 0 Å². The molecular weight excluding hydrogens is 336 g/mol. The minimum absolute atomic E-state index is 0.0541. The van der Waals surface area contributed by atoms with Crippen molar-refractivity contribution in [3.8, 4) is 11.5 Å². The van der Waals surface area contributed by atoms with E-state index in [9.17, 15) is 4.79 Å². The monoisotopic (exact) mass is 352 g/mol. The molecule has 0 aliphatic rings. The lowest BCUT2D eigenvalue weighted by molar-refractivity contribution is 0.311. The maximum atomic E-state index is 12.8. The molecule has 0 aliphatic heterocycles. The first-order chi connectivity index (χ1) is 12.2. The average Bonchev–Trinajstić information content (AvgIpc) is 3.13. The van der Waals surface area contributed by atoms with E-state index in [2.05, 4.69) is 4.98 Å². The molecule has 6 heteroatoms. The smallest absolute Gasteiger partial charge is 0.274 e. The third-order valence-electron chi connectivity index (χ3n) is 3.93. The van der Waals surface area contributed by atoms with Gasteiger partial charge in [-0.25, -0.2) is 9.38 Å². The van der Waals surface area contributed by atoms with Gasteiger partial charge in [-0.2, -0.15) is 0 Å². The van der Waals surface area contributed by atoms with Gasteiger partial charge in [-0.05, 0) is 42.8 Å². The van der Waals surface area contributed by atoms with Crippen LogP contribution in [0, 0.1) is 0 Å². The Kier molecular flexibility index (Phi) is 3.89. The third kappa shape index (κ3) is 2.64. The number of methoxy groups -OCH3 is 1. The Bertz CT molecular complexity index is 1180. The summed E-state index contributed by atoms with van der Waals surface area (Å²) in [6, 6.07) is 13.3. The van der Waals surface area contributed by atoms with Crippen LogP contribution in [0.25, 0.3) is 22.1 Å². The molecule has 0 fully saturated rings. The summed E-state index contributed by atoms with van der Waals surface area (Å²) >= 11 is 1.38. The molecule has 0 amide bonds. The van der Waals surface area contributed by atoms with Gasteiger partial charge in [0, 0.05) is 0 Å². The number of ether oxygens (including phenoxy) is 2. The van der Waals surface area contributed by atoms with Gasteiger partial charge in [-0.15, -0.1) is 0 Å². The molecule has 2 aromatic heterocycles. The van der Waals surface area contributed by atoms with E-state index in [-0.39, 0.29) is 5.56 Å². The van der Waals surface area contributed by atoms with E-state index < -0.39 is 0 Å². The van der Waals surface area contributed by atoms with Crippen LogP contribution < -0.4 is 19.6 Å². The number of nitrogens with zero attached hydrogens (tertiary/aromatic N) is 2. The van der Waals surface area contributed by atoms with E-state index in [0.29, 0.717) is 27.6 Å². The minimum atomic E-state index is -0.0541. The number of rotatable bonds is 4. The standard InChI is InChI=1S/C19H16N2O3S/c1-3-24-15-9-8-12(10-16(15)23-2)11-17-18(22)21-14-7-5-4-6-13(14)20-19(21)25-17/h4-11H,3H2,1-2H3/b17-11-. The van der Waals surface area contributed by atoms with E-state index in [4.69, 9.17) is 9.47 Å². The van der Waals surface area contributed by atoms with Crippen LogP contribution in [0.3, 0.4) is 0 Å². The Labute approximate surface area is 147 Å². The molecule has 0 aliphatic carbocycles. The van der Waals surface area contributed by atoms with E-state index in [1.165, 1.54) is 11.3 Å². The number of thiazole rings is 1. The van der Waals surface area contributed by atoms with Crippen LogP contribution in [-0.2, 0) is 0 Å². The maximum absolute atomic E-state index is 12.8. The van der Waals surface area contributed by atoms with Crippen LogP contribution in [0.2, 0.25) is 0 Å². The Morgan fingerprint density at radius 2 is 2.04 bits per heavy atom. The number of para-hydroxylation sites is 2. The van der Waals surface area contributed by atoms with Crippen molar-refractivity contribution in [2.45, 2.75) is 6.92 Å². The molecule has 126 valence electrons. The highest BCUT2D eigenvalue weighted by Gasteiger charge is 2.11. The highest BCUT2D eigenvalue weighted by Crippen LogP contribution is 2.28. The maximum Gasteiger partial charge on any atom is 0.274 e. The van der Waals surface area contributed by atoms with Gasteiger partial charge in [0.05, 0.1) is 29.3 Å². The van der Waals surface area contributed by atoms with Gasteiger partial charge >= 0.3 is 0 Å². The second-order valence-corrected chi connectivity index (χ2v) is 6.49. The molecule has 0 unspecified atom stereocenters. The molecule has 4 aromatic rings. The zero-order chi connectivity index (χ0) is 17.4. The molecule has 2 heterocycles. The Morgan fingerprint density at radius 1 is 1.20 bits per heavy atom. The largest absolute Gasteiger partial charge is 0.493 e. The fraction of sp³-hybridized carbons (Fsp3) is 0.158. The van der Waals surface area contributed by atoms with Crippen molar-refractivity contribution in [2.75, 3.05) is 13.7 Å². The molecule has 0 atom stereocenters. The Balaban J connectivity index is 1.87. The Morgan fingerprint density at radius 3 is 2.84 bits per heavy atom. The second kappa shape index (κ2) is 6.22. The van der Waals surface area contributed by atoms with Gasteiger partial charge in [0.15, 0.2) is 16.5 Å². The minimum Gasteiger partial charge on any atom is -0.493 e. The van der Waals surface area contributed by atoms with E-state index in [0.717, 1.165) is 16.6 Å². The quantitative estimate of drug-likeness (QED) is 0.567. The number of benzene rings is 2. The van der Waals surface area contributed by atoms with Gasteiger partial charge in [0.25, 0.3) is 5.56 Å². The molecular formula is C19H16N2O3S. The van der Waals surface area contributed by atoms with Crippen molar-refractivity contribution in [1.82, 2.24) is 9.38 Å². The molecule has 0 bridgehead atoms. The number of imidazole rings is 1. The summed E-state index contributed by atoms with van der Waals surface area (Å²) in [4.78, 5) is 18.0. The van der Waals surface area contributed by atoms with Crippen LogP contribution in [-0.4, -0.2) is 23.1 Å². The normalized spacial score (nSPS) is 12.2. The summed E-state index contributed by atoms with van der Waals surface area (Å²) in [5.41, 5.74) is 2.50. The predicted octanol–water partition coefficient (Wildman–Crippen LogP) is 2.86. The molecule has 0 N–H and O–H groups in total. The predicted molar refractivity (Wildman–Crippen MR) is 99.8 cm³/mol.